The van der Waals surface area contributed by atoms with E-state index in [4.69, 9.17) is 5.73 Å². The fourth-order valence-electron chi connectivity index (χ4n) is 10.6. The van der Waals surface area contributed by atoms with Gasteiger partial charge in [-0.1, -0.05) is 200 Å². The van der Waals surface area contributed by atoms with Gasteiger partial charge in [-0.2, -0.15) is 0 Å². The SMILES string of the molecule is NC(Nc1cccc(-c2cccc(-c3cccc(-c4ccc5c(c4)C4(c6ccccc6-5)c5ccccc5N(c5ccccc5)c5ccccc54)c3)c2)c1)(c1ccccc1)c1ccccc1. The van der Waals surface area contributed by atoms with E-state index in [1.807, 2.05) is 36.4 Å². The molecule has 0 bridgehead atoms. The molecule has 0 amide bonds. The number of rotatable bonds is 8. The zero-order valence-electron chi connectivity index (χ0n) is 35.8. The highest BCUT2D eigenvalue weighted by molar-refractivity contribution is 5.96. The summed E-state index contributed by atoms with van der Waals surface area (Å²) >= 11 is 0. The Labute approximate surface area is 380 Å². The molecule has 10 aromatic carbocycles. The first kappa shape index (κ1) is 38.4. The summed E-state index contributed by atoms with van der Waals surface area (Å²) in [5.74, 6) is 0. The molecule has 1 spiro atoms. The van der Waals surface area contributed by atoms with E-state index >= 15 is 0 Å². The fourth-order valence-corrected chi connectivity index (χ4v) is 10.6. The molecule has 0 unspecified atom stereocenters. The summed E-state index contributed by atoms with van der Waals surface area (Å²) in [6, 6.07) is 91.8. The van der Waals surface area contributed by atoms with Crippen LogP contribution in [-0.2, 0) is 11.1 Å². The van der Waals surface area contributed by atoms with E-state index in [2.05, 4.69) is 229 Å². The van der Waals surface area contributed by atoms with Crippen LogP contribution in [0.4, 0.5) is 22.7 Å². The lowest BCUT2D eigenvalue weighted by atomic mass is 9.64. The zero-order chi connectivity index (χ0) is 43.4. The Bertz CT molecular complexity index is 3290. The first-order valence-electron chi connectivity index (χ1n) is 22.4. The lowest BCUT2D eigenvalue weighted by Gasteiger charge is -2.45. The van der Waals surface area contributed by atoms with Crippen molar-refractivity contribution in [2.45, 2.75) is 11.1 Å². The van der Waals surface area contributed by atoms with E-state index in [-0.39, 0.29) is 0 Å². The second-order valence-corrected chi connectivity index (χ2v) is 17.2. The molecule has 65 heavy (non-hydrogen) atoms. The maximum atomic E-state index is 7.27. The standard InChI is InChI=1S/C62H45N3/c63-62(49-24-4-1-5-25-49,50-26-6-2-7-27-50)64-51-28-18-23-47(41-51)45-21-16-19-43(39-45)44-20-17-22-46(40-44)48-37-38-54-53-31-10-11-32-55(53)61(58(54)42-48)56-33-12-14-35-59(56)65(52-29-8-3-9-30-52)60-36-15-13-34-57(60)61/h1-42,64H,63H2. The van der Waals surface area contributed by atoms with Gasteiger partial charge in [0.05, 0.1) is 16.8 Å². The second kappa shape index (κ2) is 15.5. The molecule has 0 atom stereocenters. The number of nitrogens with one attached hydrogen (secondary N) is 1. The predicted molar refractivity (Wildman–Crippen MR) is 270 cm³/mol. The number of hydrogen-bond acceptors (Lipinski definition) is 3. The minimum Gasteiger partial charge on any atom is -0.360 e. The van der Waals surface area contributed by atoms with Gasteiger partial charge in [0.15, 0.2) is 0 Å². The monoisotopic (exact) mass is 831 g/mol. The molecule has 1 aliphatic heterocycles. The minimum absolute atomic E-state index is 0.512. The van der Waals surface area contributed by atoms with E-state index in [0.717, 1.165) is 44.8 Å². The Morgan fingerprint density at radius 2 is 0.769 bits per heavy atom. The normalized spacial score (nSPS) is 13.1. The third-order valence-electron chi connectivity index (χ3n) is 13.5. The summed E-state index contributed by atoms with van der Waals surface area (Å²) in [5.41, 5.74) is 27.0. The summed E-state index contributed by atoms with van der Waals surface area (Å²) in [5, 5.41) is 3.71. The lowest BCUT2D eigenvalue weighted by molar-refractivity contribution is 0.622. The van der Waals surface area contributed by atoms with E-state index in [1.54, 1.807) is 0 Å². The Balaban J connectivity index is 0.932. The lowest BCUT2D eigenvalue weighted by Crippen LogP contribution is -2.45. The van der Waals surface area contributed by atoms with E-state index in [0.29, 0.717) is 0 Å². The largest absolute Gasteiger partial charge is 0.360 e. The van der Waals surface area contributed by atoms with Gasteiger partial charge < -0.3 is 16.0 Å². The van der Waals surface area contributed by atoms with Crippen LogP contribution in [0.15, 0.2) is 255 Å². The van der Waals surface area contributed by atoms with Crippen molar-refractivity contribution in [3.05, 3.63) is 288 Å². The van der Waals surface area contributed by atoms with Gasteiger partial charge in [0, 0.05) is 11.4 Å². The maximum Gasteiger partial charge on any atom is 0.139 e. The quantitative estimate of drug-likeness (QED) is 0.150. The molecule has 1 aliphatic carbocycles. The van der Waals surface area contributed by atoms with E-state index < -0.39 is 11.1 Å². The van der Waals surface area contributed by atoms with Crippen molar-refractivity contribution in [2.75, 3.05) is 10.2 Å². The van der Waals surface area contributed by atoms with Crippen LogP contribution in [0.5, 0.6) is 0 Å². The molecule has 3 heteroatoms. The maximum absolute atomic E-state index is 7.27. The van der Waals surface area contributed by atoms with Gasteiger partial charge in [0.1, 0.15) is 5.66 Å². The number of para-hydroxylation sites is 3. The molecule has 3 N–H and O–H groups in total. The Morgan fingerprint density at radius 1 is 0.338 bits per heavy atom. The minimum atomic E-state index is -0.921. The van der Waals surface area contributed by atoms with Gasteiger partial charge >= 0.3 is 0 Å². The Morgan fingerprint density at radius 3 is 1.34 bits per heavy atom. The third-order valence-corrected chi connectivity index (χ3v) is 13.5. The summed E-state index contributed by atoms with van der Waals surface area (Å²) in [4.78, 5) is 2.44. The molecule has 0 saturated heterocycles. The van der Waals surface area contributed by atoms with Gasteiger partial charge in [-0.15, -0.1) is 0 Å². The molecule has 12 rings (SSSR count). The third kappa shape index (κ3) is 6.24. The molecule has 2 aliphatic rings. The van der Waals surface area contributed by atoms with Gasteiger partial charge in [0.25, 0.3) is 0 Å². The van der Waals surface area contributed by atoms with E-state index in [9.17, 15) is 0 Å². The van der Waals surface area contributed by atoms with Crippen LogP contribution in [0, 0.1) is 0 Å². The predicted octanol–water partition coefficient (Wildman–Crippen LogP) is 15.1. The van der Waals surface area contributed by atoms with Crippen molar-refractivity contribution in [3.8, 4) is 44.5 Å². The van der Waals surface area contributed by atoms with Gasteiger partial charge in [-0.05, 0) is 132 Å². The van der Waals surface area contributed by atoms with Crippen LogP contribution >= 0.6 is 0 Å². The zero-order valence-corrected chi connectivity index (χ0v) is 35.8. The van der Waals surface area contributed by atoms with E-state index in [1.165, 1.54) is 55.9 Å². The highest BCUT2D eigenvalue weighted by atomic mass is 15.2. The van der Waals surface area contributed by atoms with Crippen LogP contribution in [0.1, 0.15) is 33.4 Å². The number of nitrogens with zero attached hydrogens (tertiary/aromatic N) is 1. The van der Waals surface area contributed by atoms with Crippen molar-refractivity contribution < 1.29 is 0 Å². The molecule has 1 heterocycles. The molecule has 308 valence electrons. The molecule has 0 aromatic heterocycles. The smallest absolute Gasteiger partial charge is 0.139 e. The van der Waals surface area contributed by atoms with Crippen LogP contribution in [0.25, 0.3) is 44.5 Å². The number of hydrogen-bond donors (Lipinski definition) is 2. The average molecular weight is 832 g/mol. The highest BCUT2D eigenvalue weighted by Gasteiger charge is 2.51. The summed E-state index contributed by atoms with van der Waals surface area (Å²) < 4.78 is 0. The molecule has 0 fully saturated rings. The highest BCUT2D eigenvalue weighted by Crippen LogP contribution is 2.63. The van der Waals surface area contributed by atoms with Crippen molar-refractivity contribution in [2.24, 2.45) is 5.73 Å². The fraction of sp³-hybridized carbons (Fsp3) is 0.0323. The Kier molecular flexibility index (Phi) is 9.18. The second-order valence-electron chi connectivity index (χ2n) is 17.2. The topological polar surface area (TPSA) is 41.3 Å². The molecule has 3 nitrogen and oxygen atoms in total. The first-order valence-corrected chi connectivity index (χ1v) is 22.4. The van der Waals surface area contributed by atoms with Crippen LogP contribution in [0.3, 0.4) is 0 Å². The van der Waals surface area contributed by atoms with Crippen LogP contribution in [-0.4, -0.2) is 0 Å². The summed E-state index contributed by atoms with van der Waals surface area (Å²) in [6.45, 7) is 0. The van der Waals surface area contributed by atoms with Crippen molar-refractivity contribution in [1.82, 2.24) is 0 Å². The molecule has 0 saturated carbocycles. The number of benzene rings is 10. The van der Waals surface area contributed by atoms with Gasteiger partial charge in [-0.25, -0.2) is 0 Å². The van der Waals surface area contributed by atoms with Crippen LogP contribution in [0.2, 0.25) is 0 Å². The number of anilines is 4. The number of nitrogens with two attached hydrogens (primary N) is 1. The molecule has 10 aromatic rings. The molecular formula is C62H45N3. The summed E-state index contributed by atoms with van der Waals surface area (Å²) in [6.07, 6.45) is 0. The molecule has 0 radical (unpaired) electrons. The number of fused-ring (bicyclic) bond motifs is 9. The first-order chi connectivity index (χ1) is 32.1. The Hall–Kier alpha value is -8.24. The average Bonchev–Trinajstić information content (AvgIpc) is 3.67. The van der Waals surface area contributed by atoms with Crippen molar-refractivity contribution in [1.29, 1.82) is 0 Å². The van der Waals surface area contributed by atoms with Crippen molar-refractivity contribution >= 4 is 22.7 Å². The van der Waals surface area contributed by atoms with Crippen molar-refractivity contribution in [3.63, 3.8) is 0 Å². The van der Waals surface area contributed by atoms with Gasteiger partial charge in [-0.3, -0.25) is 0 Å². The van der Waals surface area contributed by atoms with Gasteiger partial charge in [0.2, 0.25) is 0 Å². The van der Waals surface area contributed by atoms with Crippen LogP contribution < -0.4 is 16.0 Å². The molecular weight excluding hydrogens is 787 g/mol. The summed E-state index contributed by atoms with van der Waals surface area (Å²) in [7, 11) is 0.